The molecule has 0 aliphatic carbocycles. The lowest BCUT2D eigenvalue weighted by molar-refractivity contribution is 0.347. The van der Waals surface area contributed by atoms with Crippen molar-refractivity contribution in [3.05, 3.63) is 28.0 Å². The highest BCUT2D eigenvalue weighted by Crippen LogP contribution is 2.28. The van der Waals surface area contributed by atoms with Crippen molar-refractivity contribution in [2.75, 3.05) is 33.2 Å². The second-order valence-electron chi connectivity index (χ2n) is 5.07. The molecule has 4 nitrogen and oxygen atoms in total. The fourth-order valence-electron chi connectivity index (χ4n) is 2.31. The maximum absolute atomic E-state index is 14.4. The topological polar surface area (TPSA) is 40.6 Å². The summed E-state index contributed by atoms with van der Waals surface area (Å²) in [6.07, 6.45) is 0.730. The number of rotatable bonds is 3. The molecule has 1 aromatic carbocycles. The number of halogens is 3. The fraction of sp³-hybridized carbons (Fsp3) is 0.538. The number of hydrogen-bond acceptors (Lipinski definition) is 3. The van der Waals surface area contributed by atoms with E-state index in [0.717, 1.165) is 13.0 Å². The molecule has 8 heteroatoms. The van der Waals surface area contributed by atoms with Crippen molar-refractivity contribution in [3.8, 4) is 0 Å². The average Bonchev–Trinajstić information content (AvgIpc) is 2.66. The van der Waals surface area contributed by atoms with Crippen LogP contribution in [-0.2, 0) is 15.9 Å². The number of likely N-dealkylation sites (N-methyl/N-ethyl adjacent to an activating group) is 1. The highest BCUT2D eigenvalue weighted by atomic mass is 79.9. The van der Waals surface area contributed by atoms with Gasteiger partial charge in [0.25, 0.3) is 0 Å². The van der Waals surface area contributed by atoms with Crippen LogP contribution in [0.3, 0.4) is 0 Å². The standard InChI is InChI=1S/C13H17BrClFN2O2S/c1-17-3-2-4-18(6-5-17)21(19,20)12-8-11(14)7-10(9-15)13(12)16/h7-8H,2-6,9H2,1H3. The van der Waals surface area contributed by atoms with E-state index in [2.05, 4.69) is 20.8 Å². The van der Waals surface area contributed by atoms with Crippen LogP contribution >= 0.6 is 27.5 Å². The van der Waals surface area contributed by atoms with Crippen molar-refractivity contribution in [1.82, 2.24) is 9.21 Å². The van der Waals surface area contributed by atoms with Gasteiger partial charge >= 0.3 is 0 Å². The Bertz CT molecular complexity index is 627. The van der Waals surface area contributed by atoms with Gasteiger partial charge in [0.05, 0.1) is 5.88 Å². The molecule has 118 valence electrons. The number of hydrogen-bond donors (Lipinski definition) is 0. The summed E-state index contributed by atoms with van der Waals surface area (Å²) in [6.45, 7) is 2.23. The van der Waals surface area contributed by atoms with Crippen LogP contribution in [0.5, 0.6) is 0 Å². The maximum Gasteiger partial charge on any atom is 0.246 e. The Kier molecular flexibility index (Phi) is 5.65. The monoisotopic (exact) mass is 398 g/mol. The first-order valence-electron chi connectivity index (χ1n) is 6.59. The van der Waals surface area contributed by atoms with Gasteiger partial charge in [-0.1, -0.05) is 15.9 Å². The second kappa shape index (κ2) is 6.91. The molecule has 0 aromatic heterocycles. The SMILES string of the molecule is CN1CCCN(S(=O)(=O)c2cc(Br)cc(CCl)c2F)CC1. The molecule has 2 rings (SSSR count). The number of sulfonamides is 1. The number of alkyl halides is 1. The van der Waals surface area contributed by atoms with Gasteiger partial charge in [0.2, 0.25) is 10.0 Å². The minimum absolute atomic E-state index is 0.0729. The molecular formula is C13H17BrClFN2O2S. The van der Waals surface area contributed by atoms with Crippen LogP contribution in [0.25, 0.3) is 0 Å². The van der Waals surface area contributed by atoms with E-state index in [1.807, 2.05) is 7.05 Å². The van der Waals surface area contributed by atoms with E-state index in [1.54, 1.807) is 0 Å². The summed E-state index contributed by atoms with van der Waals surface area (Å²) in [5.74, 6) is -0.831. The van der Waals surface area contributed by atoms with Crippen molar-refractivity contribution >= 4 is 37.6 Å². The Balaban J connectivity index is 2.42. The van der Waals surface area contributed by atoms with Gasteiger partial charge < -0.3 is 4.90 Å². The van der Waals surface area contributed by atoms with Crippen LogP contribution in [-0.4, -0.2) is 50.8 Å². The largest absolute Gasteiger partial charge is 0.305 e. The maximum atomic E-state index is 14.4. The van der Waals surface area contributed by atoms with Crippen LogP contribution in [0.4, 0.5) is 4.39 Å². The fourth-order valence-corrected chi connectivity index (χ4v) is 4.76. The first kappa shape index (κ1) is 17.1. The van der Waals surface area contributed by atoms with Gasteiger partial charge in [0.15, 0.2) is 0 Å². The van der Waals surface area contributed by atoms with E-state index < -0.39 is 15.8 Å². The molecule has 0 bridgehead atoms. The lowest BCUT2D eigenvalue weighted by atomic mass is 10.2. The first-order chi connectivity index (χ1) is 9.86. The molecule has 1 fully saturated rings. The summed E-state index contributed by atoms with van der Waals surface area (Å²) in [7, 11) is -1.91. The van der Waals surface area contributed by atoms with Crippen molar-refractivity contribution < 1.29 is 12.8 Å². The molecule has 21 heavy (non-hydrogen) atoms. The number of benzene rings is 1. The first-order valence-corrected chi connectivity index (χ1v) is 9.35. The van der Waals surface area contributed by atoms with Gasteiger partial charge in [-0.3, -0.25) is 0 Å². The summed E-state index contributed by atoms with van der Waals surface area (Å²) in [4.78, 5) is 1.76. The molecule has 1 heterocycles. The highest BCUT2D eigenvalue weighted by molar-refractivity contribution is 9.10. The molecule has 0 unspecified atom stereocenters. The predicted octanol–water partition coefficient (Wildman–Crippen LogP) is 2.65. The second-order valence-corrected chi connectivity index (χ2v) is 8.16. The summed E-state index contributed by atoms with van der Waals surface area (Å²) < 4.78 is 41.6. The summed E-state index contributed by atoms with van der Waals surface area (Å²) in [5.41, 5.74) is 0.177. The quantitative estimate of drug-likeness (QED) is 0.734. The molecule has 0 amide bonds. The average molecular weight is 400 g/mol. The molecule has 0 atom stereocenters. The zero-order valence-corrected chi connectivity index (χ0v) is 14.8. The minimum Gasteiger partial charge on any atom is -0.305 e. The zero-order valence-electron chi connectivity index (χ0n) is 11.7. The van der Waals surface area contributed by atoms with Gasteiger partial charge in [-0.2, -0.15) is 4.31 Å². The summed E-state index contributed by atoms with van der Waals surface area (Å²) in [5, 5.41) is 0. The van der Waals surface area contributed by atoms with Gasteiger partial charge in [-0.05, 0) is 32.1 Å². The molecule has 0 spiro atoms. The van der Waals surface area contributed by atoms with Gasteiger partial charge in [-0.15, -0.1) is 11.6 Å². The van der Waals surface area contributed by atoms with E-state index in [1.165, 1.54) is 16.4 Å². The molecule has 1 saturated heterocycles. The molecule has 0 saturated carbocycles. The van der Waals surface area contributed by atoms with Gasteiger partial charge in [0, 0.05) is 29.7 Å². The molecule has 1 aromatic rings. The Labute approximate surface area is 138 Å². The van der Waals surface area contributed by atoms with E-state index in [-0.39, 0.29) is 16.3 Å². The van der Waals surface area contributed by atoms with Crippen molar-refractivity contribution in [3.63, 3.8) is 0 Å². The lowest BCUT2D eigenvalue weighted by Gasteiger charge is -2.21. The van der Waals surface area contributed by atoms with Crippen LogP contribution in [0.2, 0.25) is 0 Å². The van der Waals surface area contributed by atoms with E-state index in [4.69, 9.17) is 11.6 Å². The summed E-state index contributed by atoms with van der Waals surface area (Å²) >= 11 is 8.89. The van der Waals surface area contributed by atoms with Gasteiger partial charge in [-0.25, -0.2) is 12.8 Å². The van der Waals surface area contributed by atoms with Crippen LogP contribution in [0.15, 0.2) is 21.5 Å². The molecular weight excluding hydrogens is 383 g/mol. The molecule has 1 aliphatic heterocycles. The van der Waals surface area contributed by atoms with Crippen LogP contribution < -0.4 is 0 Å². The Morgan fingerprint density at radius 3 is 2.67 bits per heavy atom. The van der Waals surface area contributed by atoms with Gasteiger partial charge in [0.1, 0.15) is 10.7 Å². The minimum atomic E-state index is -3.85. The van der Waals surface area contributed by atoms with E-state index in [0.29, 0.717) is 24.1 Å². The smallest absolute Gasteiger partial charge is 0.246 e. The Morgan fingerprint density at radius 1 is 1.29 bits per heavy atom. The summed E-state index contributed by atoms with van der Waals surface area (Å²) in [6, 6.07) is 2.80. The highest BCUT2D eigenvalue weighted by Gasteiger charge is 2.30. The zero-order chi connectivity index (χ0) is 15.6. The third-order valence-electron chi connectivity index (χ3n) is 3.52. The third kappa shape index (κ3) is 3.76. The van der Waals surface area contributed by atoms with E-state index in [9.17, 15) is 12.8 Å². The molecule has 1 aliphatic rings. The van der Waals surface area contributed by atoms with Crippen molar-refractivity contribution in [2.45, 2.75) is 17.2 Å². The number of nitrogens with zero attached hydrogens (tertiary/aromatic N) is 2. The Hall–Kier alpha value is -0.210. The Morgan fingerprint density at radius 2 is 2.00 bits per heavy atom. The normalized spacial score (nSPS) is 18.7. The lowest BCUT2D eigenvalue weighted by Crippen LogP contribution is -2.35. The van der Waals surface area contributed by atoms with Crippen LogP contribution in [0, 0.1) is 5.82 Å². The van der Waals surface area contributed by atoms with Crippen molar-refractivity contribution in [1.29, 1.82) is 0 Å². The molecule has 0 radical (unpaired) electrons. The predicted molar refractivity (Wildman–Crippen MR) is 84.5 cm³/mol. The third-order valence-corrected chi connectivity index (χ3v) is 6.16. The van der Waals surface area contributed by atoms with Crippen molar-refractivity contribution in [2.24, 2.45) is 0 Å². The van der Waals surface area contributed by atoms with E-state index >= 15 is 0 Å². The van der Waals surface area contributed by atoms with Crippen LogP contribution in [0.1, 0.15) is 12.0 Å². The molecule has 0 N–H and O–H groups in total.